The number of aliphatic hydroxyl groups excluding tert-OH is 1. The first kappa shape index (κ1) is 29.4. The molecule has 0 bridgehead atoms. The molecule has 5 atom stereocenters. The largest absolute Gasteiger partial charge is 0.388 e. The molecule has 1 amide bonds. The molecule has 11 heteroatoms. The Morgan fingerprint density at radius 2 is 1.84 bits per heavy atom. The van der Waals surface area contributed by atoms with E-state index in [0.717, 1.165) is 18.2 Å². The van der Waals surface area contributed by atoms with Gasteiger partial charge in [-0.15, -0.1) is 0 Å². The number of benzene rings is 2. The van der Waals surface area contributed by atoms with Crippen molar-refractivity contribution in [2.45, 2.75) is 74.4 Å². The molecule has 2 aromatic rings. The molecular weight excluding hydrogens is 528 g/mol. The smallest absolute Gasteiger partial charge is 0.255 e. The van der Waals surface area contributed by atoms with Crippen molar-refractivity contribution in [2.24, 2.45) is 11.8 Å². The van der Waals surface area contributed by atoms with Crippen LogP contribution in [0.2, 0.25) is 5.02 Å². The molecule has 1 saturated carbocycles. The van der Waals surface area contributed by atoms with E-state index in [1.165, 1.54) is 32.0 Å². The Kier molecular flexibility index (Phi) is 8.41. The Morgan fingerprint density at radius 1 is 1.19 bits per heavy atom. The summed E-state index contributed by atoms with van der Waals surface area (Å²) in [5, 5.41) is 34.0. The Morgan fingerprint density at radius 3 is 2.41 bits per heavy atom. The lowest BCUT2D eigenvalue weighted by Gasteiger charge is -2.52. The minimum Gasteiger partial charge on any atom is -0.388 e. The Labute approximate surface area is 220 Å². The quantitative estimate of drug-likeness (QED) is 0.400. The van der Waals surface area contributed by atoms with Crippen LogP contribution in [0.3, 0.4) is 0 Å². The van der Waals surface area contributed by atoms with Crippen LogP contribution in [0.15, 0.2) is 41.3 Å². The molecule has 37 heavy (non-hydrogen) atoms. The number of sulfone groups is 1. The first-order valence-electron chi connectivity index (χ1n) is 12.0. The molecule has 0 saturated heterocycles. The van der Waals surface area contributed by atoms with Crippen molar-refractivity contribution in [3.8, 4) is 0 Å². The fourth-order valence-corrected chi connectivity index (χ4v) is 7.67. The van der Waals surface area contributed by atoms with Gasteiger partial charge in [-0.1, -0.05) is 31.9 Å². The molecule has 1 aliphatic rings. The molecule has 7 nitrogen and oxygen atoms in total. The highest BCUT2D eigenvalue weighted by molar-refractivity contribution is 7.92. The maximum absolute atomic E-state index is 13.7. The van der Waals surface area contributed by atoms with Crippen molar-refractivity contribution in [3.63, 3.8) is 0 Å². The molecule has 1 aliphatic carbocycles. The van der Waals surface area contributed by atoms with Crippen LogP contribution >= 0.6 is 11.6 Å². The molecular formula is C26H32ClF2NO6S. The minimum absolute atomic E-state index is 0.00836. The van der Waals surface area contributed by atoms with E-state index >= 15 is 0 Å². The van der Waals surface area contributed by atoms with E-state index in [2.05, 4.69) is 5.32 Å². The molecule has 0 spiro atoms. The third-order valence-electron chi connectivity index (χ3n) is 7.32. The van der Waals surface area contributed by atoms with Gasteiger partial charge in [-0.05, 0) is 68.9 Å². The summed E-state index contributed by atoms with van der Waals surface area (Å²) in [4.78, 5) is 12.5. The monoisotopic (exact) mass is 559 g/mol. The summed E-state index contributed by atoms with van der Waals surface area (Å²) < 4.78 is 54.1. The SMILES string of the molecule is CC[C@@H]1C[C@@H](S(=O)(=O)c2cc(C(=O)Nc3ccc(F)c(F)c3)ccc2Cl)C[C@H](C)[C@@]1(O)[C@H](O)C(C)(C)O. The van der Waals surface area contributed by atoms with E-state index in [-0.39, 0.29) is 34.0 Å². The van der Waals surface area contributed by atoms with Gasteiger partial charge >= 0.3 is 0 Å². The average molecular weight is 560 g/mol. The molecule has 3 rings (SSSR count). The molecule has 0 aromatic heterocycles. The van der Waals surface area contributed by atoms with Gasteiger partial charge in [0.25, 0.3) is 5.91 Å². The predicted octanol–water partition coefficient (Wildman–Crippen LogP) is 4.33. The second kappa shape index (κ2) is 10.6. The lowest BCUT2D eigenvalue weighted by atomic mass is 9.62. The van der Waals surface area contributed by atoms with Gasteiger partial charge < -0.3 is 20.6 Å². The van der Waals surface area contributed by atoms with Crippen LogP contribution in [0.5, 0.6) is 0 Å². The van der Waals surface area contributed by atoms with Crippen molar-refractivity contribution < 1.29 is 37.3 Å². The molecule has 0 aliphatic heterocycles. The third-order valence-corrected chi connectivity index (χ3v) is 9.98. The van der Waals surface area contributed by atoms with Crippen LogP contribution < -0.4 is 5.32 Å². The molecule has 0 unspecified atom stereocenters. The van der Waals surface area contributed by atoms with Gasteiger partial charge in [-0.25, -0.2) is 17.2 Å². The molecule has 0 radical (unpaired) electrons. The zero-order valence-corrected chi connectivity index (χ0v) is 22.6. The molecule has 2 aromatic carbocycles. The standard InChI is InChI=1S/C26H32ClF2NO6S/c1-5-16-12-18(10-14(2)26(16,34)24(32)25(3,4)33)37(35,36)22-11-15(6-8-19(22)27)23(31)30-17-7-9-20(28)21(29)13-17/h6-9,11,13-14,16,18,24,32-34H,5,10,12H2,1-4H3,(H,30,31)/t14-,16+,18-,24+,26-/m0/s1. The first-order chi connectivity index (χ1) is 17.0. The summed E-state index contributed by atoms with van der Waals surface area (Å²) in [5.74, 6) is -4.30. The van der Waals surface area contributed by atoms with Crippen LogP contribution in [-0.4, -0.2) is 52.2 Å². The maximum Gasteiger partial charge on any atom is 0.255 e. The number of carbonyl (C=O) groups is 1. The third kappa shape index (κ3) is 5.68. The highest BCUT2D eigenvalue weighted by Gasteiger charge is 2.56. The van der Waals surface area contributed by atoms with Crippen molar-refractivity contribution in [1.82, 2.24) is 0 Å². The number of hydrogen-bond donors (Lipinski definition) is 4. The average Bonchev–Trinajstić information content (AvgIpc) is 2.81. The van der Waals surface area contributed by atoms with Gasteiger partial charge in [0.1, 0.15) is 6.10 Å². The van der Waals surface area contributed by atoms with Gasteiger partial charge in [-0.2, -0.15) is 0 Å². The fourth-order valence-electron chi connectivity index (χ4n) is 5.21. The van der Waals surface area contributed by atoms with E-state index in [9.17, 15) is 37.3 Å². The number of nitrogens with one attached hydrogen (secondary N) is 1. The second-order valence-corrected chi connectivity index (χ2v) is 12.9. The van der Waals surface area contributed by atoms with E-state index < -0.39 is 61.8 Å². The van der Waals surface area contributed by atoms with Crippen LogP contribution in [0.4, 0.5) is 14.5 Å². The predicted molar refractivity (Wildman–Crippen MR) is 136 cm³/mol. The topological polar surface area (TPSA) is 124 Å². The van der Waals surface area contributed by atoms with Gasteiger partial charge in [0.05, 0.1) is 26.4 Å². The highest BCUT2D eigenvalue weighted by atomic mass is 35.5. The van der Waals surface area contributed by atoms with Gasteiger partial charge in [0.15, 0.2) is 21.5 Å². The number of amides is 1. The van der Waals surface area contributed by atoms with Gasteiger partial charge in [0, 0.05) is 17.3 Å². The lowest BCUT2D eigenvalue weighted by molar-refractivity contribution is -0.215. The van der Waals surface area contributed by atoms with E-state index in [1.807, 2.05) is 0 Å². The van der Waals surface area contributed by atoms with Crippen LogP contribution in [0.25, 0.3) is 0 Å². The second-order valence-electron chi connectivity index (χ2n) is 10.3. The summed E-state index contributed by atoms with van der Waals surface area (Å²) in [6.45, 7) is 6.17. The number of rotatable bonds is 7. The summed E-state index contributed by atoms with van der Waals surface area (Å²) in [6.07, 6.45) is -1.15. The van der Waals surface area contributed by atoms with Crippen LogP contribution in [0.1, 0.15) is 57.3 Å². The zero-order chi connectivity index (χ0) is 27.9. The van der Waals surface area contributed by atoms with Gasteiger partial charge in [0.2, 0.25) is 0 Å². The van der Waals surface area contributed by atoms with E-state index in [4.69, 9.17) is 11.6 Å². The maximum atomic E-state index is 13.7. The molecule has 0 heterocycles. The summed E-state index contributed by atoms with van der Waals surface area (Å²) in [7, 11) is -4.10. The van der Waals surface area contributed by atoms with E-state index in [0.29, 0.717) is 6.42 Å². The summed E-state index contributed by atoms with van der Waals surface area (Å²) in [6, 6.07) is 6.54. The molecule has 204 valence electrons. The van der Waals surface area contributed by atoms with Crippen molar-refractivity contribution in [1.29, 1.82) is 0 Å². The first-order valence-corrected chi connectivity index (χ1v) is 13.9. The number of carbonyl (C=O) groups excluding carboxylic acids is 1. The van der Waals surface area contributed by atoms with E-state index in [1.54, 1.807) is 13.8 Å². The van der Waals surface area contributed by atoms with Crippen LogP contribution in [-0.2, 0) is 9.84 Å². The van der Waals surface area contributed by atoms with Crippen LogP contribution in [0, 0.1) is 23.5 Å². The Bertz CT molecular complexity index is 1280. The number of halogens is 3. The van der Waals surface area contributed by atoms with Crippen molar-refractivity contribution in [3.05, 3.63) is 58.6 Å². The number of aliphatic hydroxyl groups is 3. The Hall–Kier alpha value is -2.11. The van der Waals surface area contributed by atoms with Crippen molar-refractivity contribution in [2.75, 3.05) is 5.32 Å². The van der Waals surface area contributed by atoms with Gasteiger partial charge in [-0.3, -0.25) is 4.79 Å². The highest BCUT2D eigenvalue weighted by Crippen LogP contribution is 2.47. The summed E-state index contributed by atoms with van der Waals surface area (Å²) >= 11 is 6.25. The summed E-state index contributed by atoms with van der Waals surface area (Å²) in [5.41, 5.74) is -3.40. The number of hydrogen-bond acceptors (Lipinski definition) is 6. The zero-order valence-electron chi connectivity index (χ0n) is 21.0. The Balaban J connectivity index is 1.92. The van der Waals surface area contributed by atoms with Crippen molar-refractivity contribution >= 4 is 33.0 Å². The minimum atomic E-state index is -4.10. The molecule has 4 N–H and O–H groups in total. The fraction of sp³-hybridized carbons (Fsp3) is 0.500. The molecule has 1 fully saturated rings. The number of anilines is 1. The lowest BCUT2D eigenvalue weighted by Crippen LogP contribution is -2.64. The normalized spacial score (nSPS) is 25.5.